The summed E-state index contributed by atoms with van der Waals surface area (Å²) < 4.78 is 0. The molecule has 0 aromatic heterocycles. The predicted octanol–water partition coefficient (Wildman–Crippen LogP) is 2.39. The Hall–Kier alpha value is -0.810. The average molecular weight is 360 g/mol. The standard InChI is InChI=1S/C17H25N3O.2ClH/c21-17(15-8-9-18-12-15)19-13-16(20-10-4-5-11-20)14-6-2-1-3-7-14;;/h1-3,6-7,15-16,18H,4-5,8-13H2,(H,19,21);2*1H. The molecule has 0 aliphatic carbocycles. The van der Waals surface area contributed by atoms with Gasteiger partial charge in [-0.3, -0.25) is 9.69 Å². The molecule has 2 atom stereocenters. The molecule has 6 heteroatoms. The van der Waals surface area contributed by atoms with E-state index in [0.717, 1.165) is 39.1 Å². The third-order valence-corrected chi connectivity index (χ3v) is 4.67. The van der Waals surface area contributed by atoms with E-state index < -0.39 is 0 Å². The van der Waals surface area contributed by atoms with Gasteiger partial charge in [-0.05, 0) is 44.5 Å². The number of carbonyl (C=O) groups excluding carboxylic acids is 1. The molecule has 1 aromatic carbocycles. The molecule has 0 saturated carbocycles. The van der Waals surface area contributed by atoms with Crippen molar-refractivity contribution in [2.24, 2.45) is 5.92 Å². The fraction of sp³-hybridized carbons (Fsp3) is 0.588. The van der Waals surface area contributed by atoms with Crippen LogP contribution in [0.3, 0.4) is 0 Å². The van der Waals surface area contributed by atoms with Crippen LogP contribution in [0.4, 0.5) is 0 Å². The monoisotopic (exact) mass is 359 g/mol. The Morgan fingerprint density at radius 2 is 1.91 bits per heavy atom. The fourth-order valence-corrected chi connectivity index (χ4v) is 3.41. The van der Waals surface area contributed by atoms with E-state index in [0.29, 0.717) is 6.04 Å². The van der Waals surface area contributed by atoms with E-state index in [1.165, 1.54) is 18.4 Å². The molecule has 2 saturated heterocycles. The second kappa shape index (κ2) is 10.1. The van der Waals surface area contributed by atoms with E-state index in [1.807, 2.05) is 6.07 Å². The Bertz CT molecular complexity index is 460. The van der Waals surface area contributed by atoms with Crippen LogP contribution >= 0.6 is 24.8 Å². The zero-order chi connectivity index (χ0) is 14.5. The van der Waals surface area contributed by atoms with Crippen molar-refractivity contribution in [1.29, 1.82) is 0 Å². The van der Waals surface area contributed by atoms with E-state index in [4.69, 9.17) is 0 Å². The number of rotatable bonds is 5. The maximum atomic E-state index is 12.2. The second-order valence-electron chi connectivity index (χ2n) is 6.10. The molecule has 1 aromatic rings. The van der Waals surface area contributed by atoms with Crippen LogP contribution in [-0.2, 0) is 4.79 Å². The van der Waals surface area contributed by atoms with Crippen LogP contribution in [0.2, 0.25) is 0 Å². The number of likely N-dealkylation sites (tertiary alicyclic amines) is 1. The number of halogens is 2. The van der Waals surface area contributed by atoms with Gasteiger partial charge in [0.05, 0.1) is 12.0 Å². The van der Waals surface area contributed by atoms with Crippen LogP contribution in [-0.4, -0.2) is 43.5 Å². The van der Waals surface area contributed by atoms with E-state index in [1.54, 1.807) is 0 Å². The van der Waals surface area contributed by atoms with Crippen molar-refractivity contribution in [1.82, 2.24) is 15.5 Å². The summed E-state index contributed by atoms with van der Waals surface area (Å²) in [4.78, 5) is 14.7. The van der Waals surface area contributed by atoms with E-state index in [2.05, 4.69) is 39.8 Å². The van der Waals surface area contributed by atoms with Gasteiger partial charge in [0, 0.05) is 13.1 Å². The molecular weight excluding hydrogens is 333 g/mol. The highest BCUT2D eigenvalue weighted by Gasteiger charge is 2.26. The van der Waals surface area contributed by atoms with Crippen LogP contribution in [0.15, 0.2) is 30.3 Å². The summed E-state index contributed by atoms with van der Waals surface area (Å²) in [5.74, 6) is 0.361. The minimum atomic E-state index is 0. The van der Waals surface area contributed by atoms with Crippen molar-refractivity contribution in [3.8, 4) is 0 Å². The molecule has 4 nitrogen and oxygen atoms in total. The first-order valence-electron chi connectivity index (χ1n) is 8.12. The van der Waals surface area contributed by atoms with Gasteiger partial charge >= 0.3 is 0 Å². The lowest BCUT2D eigenvalue weighted by molar-refractivity contribution is -0.124. The van der Waals surface area contributed by atoms with Crippen LogP contribution in [0.25, 0.3) is 0 Å². The second-order valence-corrected chi connectivity index (χ2v) is 6.10. The lowest BCUT2D eigenvalue weighted by Gasteiger charge is -2.28. The number of amides is 1. The Kier molecular flexibility index (Phi) is 8.92. The summed E-state index contributed by atoms with van der Waals surface area (Å²) in [5.41, 5.74) is 1.31. The largest absolute Gasteiger partial charge is 0.354 e. The summed E-state index contributed by atoms with van der Waals surface area (Å²) in [6.45, 7) is 4.79. The van der Waals surface area contributed by atoms with Gasteiger partial charge < -0.3 is 10.6 Å². The molecule has 0 spiro atoms. The lowest BCUT2D eigenvalue weighted by Crippen LogP contribution is -2.39. The van der Waals surface area contributed by atoms with Gasteiger partial charge in [-0.15, -0.1) is 24.8 Å². The van der Waals surface area contributed by atoms with Crippen molar-refractivity contribution in [2.45, 2.75) is 25.3 Å². The lowest BCUT2D eigenvalue weighted by atomic mass is 10.0. The number of nitrogens with one attached hydrogen (secondary N) is 2. The quantitative estimate of drug-likeness (QED) is 0.848. The predicted molar refractivity (Wildman–Crippen MR) is 98.5 cm³/mol. The summed E-state index contributed by atoms with van der Waals surface area (Å²) in [6, 6.07) is 10.9. The number of benzene rings is 1. The molecule has 2 aliphatic rings. The first kappa shape index (κ1) is 20.2. The molecule has 2 unspecified atom stereocenters. The van der Waals surface area contributed by atoms with E-state index in [9.17, 15) is 4.79 Å². The third-order valence-electron chi connectivity index (χ3n) is 4.67. The Morgan fingerprint density at radius 1 is 1.22 bits per heavy atom. The topological polar surface area (TPSA) is 44.4 Å². The Morgan fingerprint density at radius 3 is 2.52 bits per heavy atom. The van der Waals surface area contributed by atoms with Crippen molar-refractivity contribution >= 4 is 30.7 Å². The van der Waals surface area contributed by atoms with Crippen LogP contribution in [0, 0.1) is 5.92 Å². The normalized spacial score (nSPS) is 22.0. The maximum Gasteiger partial charge on any atom is 0.224 e. The van der Waals surface area contributed by atoms with Gasteiger partial charge in [-0.2, -0.15) is 0 Å². The molecule has 2 fully saturated rings. The first-order valence-corrected chi connectivity index (χ1v) is 8.12. The molecule has 1 amide bonds. The molecule has 2 heterocycles. The molecule has 0 bridgehead atoms. The van der Waals surface area contributed by atoms with Gasteiger partial charge in [0.25, 0.3) is 0 Å². The third kappa shape index (κ3) is 5.35. The van der Waals surface area contributed by atoms with E-state index in [-0.39, 0.29) is 36.6 Å². The van der Waals surface area contributed by atoms with Gasteiger partial charge in [0.1, 0.15) is 0 Å². The van der Waals surface area contributed by atoms with Gasteiger partial charge in [0.2, 0.25) is 5.91 Å². The maximum absolute atomic E-state index is 12.2. The molecule has 2 N–H and O–H groups in total. The molecular formula is C17H27Cl2N3O. The zero-order valence-electron chi connectivity index (χ0n) is 13.4. The first-order chi connectivity index (χ1) is 10.3. The van der Waals surface area contributed by atoms with Crippen molar-refractivity contribution in [3.63, 3.8) is 0 Å². The Labute approximate surface area is 151 Å². The highest BCUT2D eigenvalue weighted by atomic mass is 35.5. The average Bonchev–Trinajstić information content (AvgIpc) is 3.22. The van der Waals surface area contributed by atoms with Crippen molar-refractivity contribution < 1.29 is 4.79 Å². The highest BCUT2D eigenvalue weighted by Crippen LogP contribution is 2.24. The summed E-state index contributed by atoms with van der Waals surface area (Å²) in [7, 11) is 0. The summed E-state index contributed by atoms with van der Waals surface area (Å²) in [6.07, 6.45) is 3.50. The van der Waals surface area contributed by atoms with Crippen molar-refractivity contribution in [3.05, 3.63) is 35.9 Å². The molecule has 2 aliphatic heterocycles. The summed E-state index contributed by atoms with van der Waals surface area (Å²) in [5, 5.41) is 6.44. The minimum absolute atomic E-state index is 0. The zero-order valence-corrected chi connectivity index (χ0v) is 15.0. The smallest absolute Gasteiger partial charge is 0.224 e. The van der Waals surface area contributed by atoms with Gasteiger partial charge in [-0.25, -0.2) is 0 Å². The van der Waals surface area contributed by atoms with Crippen LogP contribution < -0.4 is 10.6 Å². The number of nitrogens with zero attached hydrogens (tertiary/aromatic N) is 1. The summed E-state index contributed by atoms with van der Waals surface area (Å²) >= 11 is 0. The fourth-order valence-electron chi connectivity index (χ4n) is 3.41. The molecule has 23 heavy (non-hydrogen) atoms. The minimum Gasteiger partial charge on any atom is -0.354 e. The number of carbonyl (C=O) groups is 1. The van der Waals surface area contributed by atoms with Crippen LogP contribution in [0.1, 0.15) is 30.9 Å². The van der Waals surface area contributed by atoms with Gasteiger partial charge in [0.15, 0.2) is 0 Å². The van der Waals surface area contributed by atoms with Gasteiger partial charge in [-0.1, -0.05) is 30.3 Å². The Balaban J connectivity index is 0.00000132. The van der Waals surface area contributed by atoms with Crippen LogP contribution in [0.5, 0.6) is 0 Å². The number of hydrogen-bond acceptors (Lipinski definition) is 3. The highest BCUT2D eigenvalue weighted by molar-refractivity contribution is 5.85. The molecule has 3 rings (SSSR count). The molecule has 0 radical (unpaired) electrons. The van der Waals surface area contributed by atoms with Crippen molar-refractivity contribution in [2.75, 3.05) is 32.7 Å². The SMILES string of the molecule is Cl.Cl.O=C(NCC(c1ccccc1)N1CCCC1)C1CCNC1. The molecule has 130 valence electrons. The number of hydrogen-bond donors (Lipinski definition) is 2. The van der Waals surface area contributed by atoms with E-state index >= 15 is 0 Å².